The first-order chi connectivity index (χ1) is 13.9. The quantitative estimate of drug-likeness (QED) is 0.706. The zero-order valence-electron chi connectivity index (χ0n) is 16.8. The van der Waals surface area contributed by atoms with Gasteiger partial charge in [0.05, 0.1) is 18.7 Å². The van der Waals surface area contributed by atoms with Crippen LogP contribution < -0.4 is 19.7 Å². The van der Waals surface area contributed by atoms with Crippen LogP contribution in [0.1, 0.15) is 37.0 Å². The van der Waals surface area contributed by atoms with Crippen molar-refractivity contribution < 1.29 is 19.1 Å². The molecule has 7 heteroatoms. The minimum atomic E-state index is -0.314. The van der Waals surface area contributed by atoms with Gasteiger partial charge in [-0.05, 0) is 48.7 Å². The predicted molar refractivity (Wildman–Crippen MR) is 114 cm³/mol. The van der Waals surface area contributed by atoms with Gasteiger partial charge in [0.2, 0.25) is 5.91 Å². The number of anilines is 2. The molecule has 0 radical (unpaired) electrons. The van der Waals surface area contributed by atoms with Gasteiger partial charge in [-0.25, -0.2) is 0 Å². The molecule has 0 saturated carbocycles. The molecule has 1 fully saturated rings. The number of ether oxygens (including phenoxy) is 2. The van der Waals surface area contributed by atoms with Gasteiger partial charge in [0.15, 0.2) is 11.5 Å². The molecule has 29 heavy (non-hydrogen) atoms. The molecule has 1 N–H and O–H groups in total. The van der Waals surface area contributed by atoms with E-state index < -0.39 is 0 Å². The lowest BCUT2D eigenvalue weighted by molar-refractivity contribution is -0.117. The van der Waals surface area contributed by atoms with Crippen molar-refractivity contribution >= 4 is 34.8 Å². The summed E-state index contributed by atoms with van der Waals surface area (Å²) in [6.07, 6.45) is 1.45. The van der Waals surface area contributed by atoms with Crippen LogP contribution in [0.15, 0.2) is 36.4 Å². The van der Waals surface area contributed by atoms with Crippen molar-refractivity contribution in [2.45, 2.75) is 26.7 Å². The second-order valence-corrected chi connectivity index (χ2v) is 7.75. The van der Waals surface area contributed by atoms with E-state index in [1.165, 1.54) is 7.11 Å². The number of carbonyl (C=O) groups is 2. The van der Waals surface area contributed by atoms with E-state index in [2.05, 4.69) is 5.32 Å². The number of halogens is 1. The Hall–Kier alpha value is -2.73. The summed E-state index contributed by atoms with van der Waals surface area (Å²) < 4.78 is 11.1. The predicted octanol–water partition coefficient (Wildman–Crippen LogP) is 4.76. The van der Waals surface area contributed by atoms with Gasteiger partial charge in [-0.15, -0.1) is 0 Å². The standard InChI is InChI=1S/C22H25ClN2O4/c1-14(2)13-29-21-18(23)11-15(12-19(21)28-3)22(27)24-16-6-8-17(9-7-16)25-10-4-5-20(25)26/h6-9,11-12,14H,4-5,10,13H2,1-3H3,(H,24,27). The Bertz CT molecular complexity index is 896. The fourth-order valence-electron chi connectivity index (χ4n) is 3.09. The molecule has 3 rings (SSSR count). The number of benzene rings is 2. The molecule has 6 nitrogen and oxygen atoms in total. The van der Waals surface area contributed by atoms with Crippen LogP contribution in [0, 0.1) is 5.92 Å². The topological polar surface area (TPSA) is 67.9 Å². The maximum atomic E-state index is 12.7. The first-order valence-corrected chi connectivity index (χ1v) is 9.99. The van der Waals surface area contributed by atoms with Crippen molar-refractivity contribution in [2.75, 3.05) is 30.5 Å². The Morgan fingerprint density at radius 1 is 1.24 bits per heavy atom. The van der Waals surface area contributed by atoms with Gasteiger partial charge in [-0.1, -0.05) is 25.4 Å². The fourth-order valence-corrected chi connectivity index (χ4v) is 3.36. The van der Waals surface area contributed by atoms with E-state index in [1.807, 2.05) is 26.0 Å². The summed E-state index contributed by atoms with van der Waals surface area (Å²) >= 11 is 6.33. The van der Waals surface area contributed by atoms with Crippen molar-refractivity contribution in [1.29, 1.82) is 0 Å². The highest BCUT2D eigenvalue weighted by Crippen LogP contribution is 2.37. The summed E-state index contributed by atoms with van der Waals surface area (Å²) in [5.74, 6) is 0.983. The number of amides is 2. The van der Waals surface area contributed by atoms with E-state index in [4.69, 9.17) is 21.1 Å². The molecule has 0 spiro atoms. The molecule has 0 bridgehead atoms. The van der Waals surface area contributed by atoms with Gasteiger partial charge in [0.1, 0.15) is 0 Å². The van der Waals surface area contributed by atoms with Crippen molar-refractivity contribution in [3.63, 3.8) is 0 Å². The highest BCUT2D eigenvalue weighted by atomic mass is 35.5. The Morgan fingerprint density at radius 3 is 2.55 bits per heavy atom. The third kappa shape index (κ3) is 5.01. The Labute approximate surface area is 175 Å². The SMILES string of the molecule is COc1cc(C(=O)Nc2ccc(N3CCCC3=O)cc2)cc(Cl)c1OCC(C)C. The summed E-state index contributed by atoms with van der Waals surface area (Å²) in [5.41, 5.74) is 1.82. The van der Waals surface area contributed by atoms with E-state index in [1.54, 1.807) is 29.2 Å². The monoisotopic (exact) mass is 416 g/mol. The van der Waals surface area contributed by atoms with E-state index in [9.17, 15) is 9.59 Å². The van der Waals surface area contributed by atoms with Crippen molar-refractivity contribution in [2.24, 2.45) is 5.92 Å². The van der Waals surface area contributed by atoms with Crippen LogP contribution in [0.4, 0.5) is 11.4 Å². The normalized spacial score (nSPS) is 13.7. The van der Waals surface area contributed by atoms with Gasteiger partial charge in [0.25, 0.3) is 5.91 Å². The maximum Gasteiger partial charge on any atom is 0.255 e. The van der Waals surface area contributed by atoms with Gasteiger partial charge in [-0.2, -0.15) is 0 Å². The van der Waals surface area contributed by atoms with Crippen LogP contribution in [0.2, 0.25) is 5.02 Å². The van der Waals surface area contributed by atoms with Crippen LogP contribution in [0.25, 0.3) is 0 Å². The molecule has 2 aromatic rings. The van der Waals surface area contributed by atoms with E-state index in [0.29, 0.717) is 46.7 Å². The van der Waals surface area contributed by atoms with E-state index in [-0.39, 0.29) is 11.8 Å². The van der Waals surface area contributed by atoms with Crippen LogP contribution in [0.3, 0.4) is 0 Å². The zero-order valence-corrected chi connectivity index (χ0v) is 17.6. The van der Waals surface area contributed by atoms with Gasteiger partial charge in [-0.3, -0.25) is 9.59 Å². The van der Waals surface area contributed by atoms with Crippen molar-refractivity contribution in [3.8, 4) is 11.5 Å². The summed E-state index contributed by atoms with van der Waals surface area (Å²) in [5, 5.41) is 3.16. The number of carbonyl (C=O) groups excluding carboxylic acids is 2. The molecule has 1 aliphatic heterocycles. The molecule has 1 heterocycles. The number of rotatable bonds is 7. The van der Waals surface area contributed by atoms with E-state index in [0.717, 1.165) is 18.7 Å². The first kappa shape index (κ1) is 21.0. The lowest BCUT2D eigenvalue weighted by atomic mass is 10.1. The van der Waals surface area contributed by atoms with E-state index >= 15 is 0 Å². The number of nitrogens with zero attached hydrogens (tertiary/aromatic N) is 1. The molecule has 0 aliphatic carbocycles. The average molecular weight is 417 g/mol. The average Bonchev–Trinajstić information content (AvgIpc) is 3.12. The molecule has 0 unspecified atom stereocenters. The van der Waals surface area contributed by atoms with Gasteiger partial charge in [0, 0.05) is 29.9 Å². The van der Waals surface area contributed by atoms with Crippen LogP contribution >= 0.6 is 11.6 Å². The van der Waals surface area contributed by atoms with Crippen LogP contribution in [-0.4, -0.2) is 32.1 Å². The molecule has 0 atom stereocenters. The minimum Gasteiger partial charge on any atom is -0.493 e. The number of hydrogen-bond acceptors (Lipinski definition) is 4. The smallest absolute Gasteiger partial charge is 0.255 e. The number of hydrogen-bond donors (Lipinski definition) is 1. The Morgan fingerprint density at radius 2 is 1.97 bits per heavy atom. The third-order valence-corrected chi connectivity index (χ3v) is 4.84. The maximum absolute atomic E-state index is 12.7. The highest BCUT2D eigenvalue weighted by Gasteiger charge is 2.21. The summed E-state index contributed by atoms with van der Waals surface area (Å²) in [4.78, 5) is 26.3. The Kier molecular flexibility index (Phi) is 6.64. The second kappa shape index (κ2) is 9.18. The molecule has 1 aliphatic rings. The highest BCUT2D eigenvalue weighted by molar-refractivity contribution is 6.32. The number of nitrogens with one attached hydrogen (secondary N) is 1. The summed E-state index contributed by atoms with van der Waals surface area (Å²) in [7, 11) is 1.51. The molecular formula is C22H25ClN2O4. The molecule has 1 saturated heterocycles. The first-order valence-electron chi connectivity index (χ1n) is 9.61. The Balaban J connectivity index is 1.73. The molecular weight excluding hydrogens is 392 g/mol. The van der Waals surface area contributed by atoms with Crippen LogP contribution in [0.5, 0.6) is 11.5 Å². The molecule has 0 aromatic heterocycles. The van der Waals surface area contributed by atoms with Crippen molar-refractivity contribution in [3.05, 3.63) is 47.0 Å². The molecule has 154 valence electrons. The van der Waals surface area contributed by atoms with Gasteiger partial charge < -0.3 is 19.7 Å². The second-order valence-electron chi connectivity index (χ2n) is 7.34. The summed E-state index contributed by atoms with van der Waals surface area (Å²) in [6.45, 7) is 5.29. The zero-order chi connectivity index (χ0) is 21.0. The fraction of sp³-hybridized carbons (Fsp3) is 0.364. The lowest BCUT2D eigenvalue weighted by Gasteiger charge is -2.17. The lowest BCUT2D eigenvalue weighted by Crippen LogP contribution is -2.23. The number of methoxy groups -OCH3 is 1. The molecule has 2 amide bonds. The minimum absolute atomic E-state index is 0.128. The van der Waals surface area contributed by atoms with Gasteiger partial charge >= 0.3 is 0 Å². The van der Waals surface area contributed by atoms with Crippen molar-refractivity contribution in [1.82, 2.24) is 0 Å². The molecule has 2 aromatic carbocycles. The largest absolute Gasteiger partial charge is 0.493 e. The summed E-state index contributed by atoms with van der Waals surface area (Å²) in [6, 6.07) is 10.4. The van der Waals surface area contributed by atoms with Crippen LogP contribution in [-0.2, 0) is 4.79 Å². The third-order valence-electron chi connectivity index (χ3n) is 4.56.